The predicted molar refractivity (Wildman–Crippen MR) is 72.7 cm³/mol. The smallest absolute Gasteiger partial charge is 0.240 e. The molecule has 0 aliphatic carbocycles. The van der Waals surface area contributed by atoms with E-state index < -0.39 is 0 Å². The van der Waals surface area contributed by atoms with Gasteiger partial charge in [-0.2, -0.15) is 5.10 Å². The van der Waals surface area contributed by atoms with Gasteiger partial charge in [0, 0.05) is 24.3 Å². The number of benzene rings is 1. The summed E-state index contributed by atoms with van der Waals surface area (Å²) in [7, 11) is 0. The molecule has 0 unspecified atom stereocenters. The van der Waals surface area contributed by atoms with Gasteiger partial charge in [0.2, 0.25) is 5.95 Å². The van der Waals surface area contributed by atoms with Crippen LogP contribution in [0.15, 0.2) is 24.4 Å². The number of morpholine rings is 1. The number of ether oxygens (including phenoxy) is 1. The predicted octanol–water partition coefficient (Wildman–Crippen LogP) is 1.10. The summed E-state index contributed by atoms with van der Waals surface area (Å²) in [6, 6.07) is 5.05. The van der Waals surface area contributed by atoms with Crippen molar-refractivity contribution in [1.82, 2.24) is 15.2 Å². The van der Waals surface area contributed by atoms with Crippen LogP contribution in [-0.2, 0) is 4.74 Å². The molecule has 20 heavy (non-hydrogen) atoms. The van der Waals surface area contributed by atoms with Gasteiger partial charge in [0.1, 0.15) is 5.82 Å². The number of hydrogen-bond acceptors (Lipinski definition) is 6. The second-order valence-corrected chi connectivity index (χ2v) is 4.46. The lowest BCUT2D eigenvalue weighted by Gasteiger charge is -2.29. The number of halogens is 1. The van der Waals surface area contributed by atoms with Gasteiger partial charge in [-0.05, 0) is 18.2 Å². The van der Waals surface area contributed by atoms with Crippen molar-refractivity contribution < 1.29 is 9.13 Å². The van der Waals surface area contributed by atoms with Gasteiger partial charge < -0.3 is 15.4 Å². The monoisotopic (exact) mass is 275 g/mol. The third kappa shape index (κ3) is 2.53. The second-order valence-electron chi connectivity index (χ2n) is 4.46. The molecule has 0 atom stereocenters. The Morgan fingerprint density at radius 3 is 2.75 bits per heavy atom. The van der Waals surface area contributed by atoms with E-state index in [0.717, 1.165) is 18.8 Å². The van der Waals surface area contributed by atoms with E-state index in [1.54, 1.807) is 6.07 Å². The summed E-state index contributed by atoms with van der Waals surface area (Å²) >= 11 is 0. The van der Waals surface area contributed by atoms with Gasteiger partial charge in [0.05, 0.1) is 25.1 Å². The van der Waals surface area contributed by atoms with Crippen molar-refractivity contribution in [2.45, 2.75) is 0 Å². The van der Waals surface area contributed by atoms with Crippen LogP contribution >= 0.6 is 0 Å². The van der Waals surface area contributed by atoms with E-state index in [1.807, 2.05) is 6.07 Å². The zero-order valence-electron chi connectivity index (χ0n) is 10.8. The van der Waals surface area contributed by atoms with Crippen molar-refractivity contribution >= 4 is 11.6 Å². The van der Waals surface area contributed by atoms with Crippen LogP contribution in [0.4, 0.5) is 16.0 Å². The zero-order valence-corrected chi connectivity index (χ0v) is 10.8. The van der Waals surface area contributed by atoms with E-state index in [-0.39, 0.29) is 11.8 Å². The Morgan fingerprint density at radius 1 is 1.25 bits per heavy atom. The molecule has 1 aromatic heterocycles. The maximum Gasteiger partial charge on any atom is 0.240 e. The first kappa shape index (κ1) is 12.7. The molecule has 104 valence electrons. The van der Waals surface area contributed by atoms with Gasteiger partial charge in [-0.1, -0.05) is 0 Å². The quantitative estimate of drug-likeness (QED) is 0.884. The topological polar surface area (TPSA) is 77.2 Å². The van der Waals surface area contributed by atoms with Gasteiger partial charge in [0.25, 0.3) is 0 Å². The van der Waals surface area contributed by atoms with Crippen LogP contribution in [0.25, 0.3) is 11.3 Å². The highest BCUT2D eigenvalue weighted by Gasteiger charge is 2.14. The molecule has 6 nitrogen and oxygen atoms in total. The molecule has 2 N–H and O–H groups in total. The molecule has 1 aliphatic heterocycles. The molecular weight excluding hydrogens is 261 g/mol. The normalized spacial score (nSPS) is 15.3. The number of rotatable bonds is 2. The average molecular weight is 275 g/mol. The molecule has 2 heterocycles. The highest BCUT2D eigenvalue weighted by atomic mass is 19.1. The molecule has 1 aliphatic rings. The number of nitrogens with two attached hydrogens (primary N) is 1. The summed E-state index contributed by atoms with van der Waals surface area (Å²) < 4.78 is 19.5. The maximum absolute atomic E-state index is 14.2. The Labute approximate surface area is 115 Å². The SMILES string of the molecule is Nc1nncc(-c2ccc(N3CCOCC3)cc2F)n1. The van der Waals surface area contributed by atoms with Crippen LogP contribution in [-0.4, -0.2) is 41.5 Å². The van der Waals surface area contributed by atoms with Gasteiger partial charge in [0.15, 0.2) is 0 Å². The molecule has 1 aromatic carbocycles. The van der Waals surface area contributed by atoms with Gasteiger partial charge in [-0.25, -0.2) is 9.37 Å². The lowest BCUT2D eigenvalue weighted by molar-refractivity contribution is 0.122. The average Bonchev–Trinajstić information content (AvgIpc) is 2.48. The largest absolute Gasteiger partial charge is 0.378 e. The zero-order chi connectivity index (χ0) is 13.9. The van der Waals surface area contributed by atoms with Crippen LogP contribution in [0.1, 0.15) is 0 Å². The molecular formula is C13H14FN5O. The lowest BCUT2D eigenvalue weighted by Crippen LogP contribution is -2.36. The van der Waals surface area contributed by atoms with E-state index in [0.29, 0.717) is 24.5 Å². The fourth-order valence-corrected chi connectivity index (χ4v) is 2.18. The van der Waals surface area contributed by atoms with Gasteiger partial charge in [-0.3, -0.25) is 0 Å². The molecule has 0 bridgehead atoms. The fourth-order valence-electron chi connectivity index (χ4n) is 2.18. The minimum Gasteiger partial charge on any atom is -0.378 e. The van der Waals surface area contributed by atoms with E-state index in [2.05, 4.69) is 20.1 Å². The van der Waals surface area contributed by atoms with E-state index >= 15 is 0 Å². The van der Waals surface area contributed by atoms with Crippen LogP contribution in [0, 0.1) is 5.82 Å². The molecule has 7 heteroatoms. The number of aromatic nitrogens is 3. The summed E-state index contributed by atoms with van der Waals surface area (Å²) in [5.74, 6) is -0.326. The van der Waals surface area contributed by atoms with Crippen LogP contribution < -0.4 is 10.6 Å². The molecule has 3 rings (SSSR count). The van der Waals surface area contributed by atoms with Crippen molar-refractivity contribution in [2.75, 3.05) is 36.9 Å². The van der Waals surface area contributed by atoms with Gasteiger partial charge >= 0.3 is 0 Å². The van der Waals surface area contributed by atoms with Crippen molar-refractivity contribution in [3.63, 3.8) is 0 Å². The third-order valence-electron chi connectivity index (χ3n) is 3.18. The van der Waals surface area contributed by atoms with Crippen molar-refractivity contribution in [1.29, 1.82) is 0 Å². The summed E-state index contributed by atoms with van der Waals surface area (Å²) in [5.41, 5.74) is 7.04. The summed E-state index contributed by atoms with van der Waals surface area (Å²) in [6.07, 6.45) is 1.39. The Kier molecular flexibility index (Phi) is 3.42. The first-order chi connectivity index (χ1) is 9.74. The summed E-state index contributed by atoms with van der Waals surface area (Å²) in [6.45, 7) is 2.85. The Hall–Kier alpha value is -2.28. The van der Waals surface area contributed by atoms with Crippen molar-refractivity contribution in [3.8, 4) is 11.3 Å². The van der Waals surface area contributed by atoms with Crippen LogP contribution in [0.2, 0.25) is 0 Å². The Morgan fingerprint density at radius 2 is 2.05 bits per heavy atom. The minimum absolute atomic E-state index is 0.0270. The van der Waals surface area contributed by atoms with Gasteiger partial charge in [-0.15, -0.1) is 5.10 Å². The summed E-state index contributed by atoms with van der Waals surface area (Å²) in [5, 5.41) is 7.24. The molecule has 2 aromatic rings. The number of anilines is 2. The van der Waals surface area contributed by atoms with Crippen molar-refractivity contribution in [3.05, 3.63) is 30.2 Å². The first-order valence-corrected chi connectivity index (χ1v) is 6.32. The molecule has 0 amide bonds. The third-order valence-corrected chi connectivity index (χ3v) is 3.18. The standard InChI is InChI=1S/C13H14FN5O/c14-11-7-9(19-3-5-20-6-4-19)1-2-10(11)12-8-16-18-13(15)17-12/h1-2,7-8H,3-6H2,(H2,15,17,18). The molecule has 0 radical (unpaired) electrons. The highest BCUT2D eigenvalue weighted by Crippen LogP contribution is 2.25. The second kappa shape index (κ2) is 5.38. The molecule has 1 saturated heterocycles. The lowest BCUT2D eigenvalue weighted by atomic mass is 10.1. The van der Waals surface area contributed by atoms with E-state index in [1.165, 1.54) is 12.3 Å². The van der Waals surface area contributed by atoms with Crippen LogP contribution in [0.3, 0.4) is 0 Å². The van der Waals surface area contributed by atoms with E-state index in [9.17, 15) is 4.39 Å². The molecule has 0 spiro atoms. The first-order valence-electron chi connectivity index (χ1n) is 6.32. The number of nitrogen functional groups attached to an aromatic ring is 1. The minimum atomic E-state index is -0.353. The number of hydrogen-bond donors (Lipinski definition) is 1. The highest BCUT2D eigenvalue weighted by molar-refractivity contribution is 5.64. The van der Waals surface area contributed by atoms with Crippen molar-refractivity contribution in [2.24, 2.45) is 0 Å². The Balaban J connectivity index is 1.91. The van der Waals surface area contributed by atoms with Crippen LogP contribution in [0.5, 0.6) is 0 Å². The molecule has 0 saturated carbocycles. The summed E-state index contributed by atoms with van der Waals surface area (Å²) in [4.78, 5) is 6.06. The maximum atomic E-state index is 14.2. The Bertz CT molecular complexity index is 615. The molecule has 1 fully saturated rings. The van der Waals surface area contributed by atoms with E-state index in [4.69, 9.17) is 10.5 Å². The number of nitrogens with zero attached hydrogens (tertiary/aromatic N) is 4. The fraction of sp³-hybridized carbons (Fsp3) is 0.308.